The second-order valence-corrected chi connectivity index (χ2v) is 10.1. The van der Waals surface area contributed by atoms with E-state index in [9.17, 15) is 19.2 Å². The predicted molar refractivity (Wildman–Crippen MR) is 134 cm³/mol. The summed E-state index contributed by atoms with van der Waals surface area (Å²) < 4.78 is 16.6. The largest absolute Gasteiger partial charge is 0.310 e. The van der Waals surface area contributed by atoms with Crippen LogP contribution in [0.4, 0.5) is 10.2 Å². The summed E-state index contributed by atoms with van der Waals surface area (Å²) in [6, 6.07) is 7.99. The summed E-state index contributed by atoms with van der Waals surface area (Å²) in [5.74, 6) is -0.405. The normalized spacial score (nSPS) is 11.1. The Morgan fingerprint density at radius 2 is 1.88 bits per heavy atom. The molecular weight excluding hydrogens is 473 g/mol. The van der Waals surface area contributed by atoms with Gasteiger partial charge in [-0.3, -0.25) is 18.7 Å². The molecular formula is C24H22FN5O2S2. The number of anilines is 1. The van der Waals surface area contributed by atoms with E-state index in [4.69, 9.17) is 0 Å². The van der Waals surface area contributed by atoms with Gasteiger partial charge in [-0.15, -0.1) is 11.3 Å². The first-order chi connectivity index (χ1) is 16.1. The van der Waals surface area contributed by atoms with Gasteiger partial charge >= 0.3 is 0 Å². The summed E-state index contributed by atoms with van der Waals surface area (Å²) in [5, 5.41) is 13.6. The van der Waals surface area contributed by atoms with Crippen LogP contribution in [0.2, 0.25) is 0 Å². The van der Waals surface area contributed by atoms with Gasteiger partial charge in [0.1, 0.15) is 22.5 Å². The Balaban J connectivity index is 1.63. The fourth-order valence-electron chi connectivity index (χ4n) is 3.76. The second-order valence-electron chi connectivity index (χ2n) is 7.92. The molecule has 0 saturated carbocycles. The highest BCUT2D eigenvalue weighted by Gasteiger charge is 2.21. The Bertz CT molecular complexity index is 1540. The van der Waals surface area contributed by atoms with Crippen LogP contribution in [-0.2, 0) is 11.8 Å². The number of aryl methyl sites for hydroxylation is 2. The third kappa shape index (κ3) is 4.02. The Morgan fingerprint density at radius 3 is 2.53 bits per heavy atom. The van der Waals surface area contributed by atoms with Gasteiger partial charge in [0.2, 0.25) is 5.91 Å². The number of fused-ring (bicyclic) bond motifs is 1. The van der Waals surface area contributed by atoms with E-state index in [1.54, 1.807) is 30.7 Å². The van der Waals surface area contributed by atoms with Gasteiger partial charge in [0.05, 0.1) is 16.7 Å². The zero-order valence-corrected chi connectivity index (χ0v) is 20.9. The van der Waals surface area contributed by atoms with Crippen LogP contribution in [0, 0.1) is 44.8 Å². The average molecular weight is 496 g/mol. The van der Waals surface area contributed by atoms with Crippen LogP contribution in [-0.4, -0.2) is 25.8 Å². The molecule has 0 fully saturated rings. The zero-order chi connectivity index (χ0) is 24.7. The number of thioether (sulfide) groups is 1. The zero-order valence-electron chi connectivity index (χ0n) is 19.3. The number of nitrogens with one attached hydrogen (secondary N) is 1. The van der Waals surface area contributed by atoms with E-state index in [2.05, 4.69) is 16.4 Å². The number of nitrogens with zero attached hydrogens (tertiary/aromatic N) is 4. The molecule has 1 N–H and O–H groups in total. The lowest BCUT2D eigenvalue weighted by atomic mass is 10.2. The maximum absolute atomic E-state index is 13.4. The number of carbonyl (C=O) groups excluding carboxylic acids is 1. The first-order valence-corrected chi connectivity index (χ1v) is 12.2. The van der Waals surface area contributed by atoms with E-state index in [0.717, 1.165) is 33.5 Å². The minimum atomic E-state index is -0.376. The quantitative estimate of drug-likeness (QED) is 0.318. The number of halogens is 1. The van der Waals surface area contributed by atoms with Crippen molar-refractivity contribution in [2.24, 2.45) is 7.05 Å². The lowest BCUT2D eigenvalue weighted by Crippen LogP contribution is -2.22. The summed E-state index contributed by atoms with van der Waals surface area (Å²) in [7, 11) is 1.64. The fourth-order valence-corrected chi connectivity index (χ4v) is 5.60. The van der Waals surface area contributed by atoms with E-state index >= 15 is 0 Å². The Morgan fingerprint density at radius 1 is 1.21 bits per heavy atom. The van der Waals surface area contributed by atoms with Crippen LogP contribution in [0.3, 0.4) is 0 Å². The Kier molecular flexibility index (Phi) is 6.34. The number of aromatic nitrogens is 3. The molecule has 7 nitrogen and oxygen atoms in total. The van der Waals surface area contributed by atoms with Crippen molar-refractivity contribution in [2.75, 3.05) is 11.1 Å². The van der Waals surface area contributed by atoms with E-state index in [0.29, 0.717) is 32.4 Å². The van der Waals surface area contributed by atoms with Gasteiger partial charge in [0.15, 0.2) is 5.16 Å². The van der Waals surface area contributed by atoms with Gasteiger partial charge in [-0.25, -0.2) is 9.37 Å². The van der Waals surface area contributed by atoms with Crippen molar-refractivity contribution in [3.63, 3.8) is 0 Å². The van der Waals surface area contributed by atoms with E-state index < -0.39 is 0 Å². The maximum Gasteiger partial charge on any atom is 0.262 e. The summed E-state index contributed by atoms with van der Waals surface area (Å²) in [5.41, 5.74) is 3.26. The average Bonchev–Trinajstić information content (AvgIpc) is 3.22. The standard InChI is InChI=1S/C24H22FN5O2S2/c1-12-14(3)30(17-8-6-16(25)7-9-17)21(18(12)10-26)27-19(31)11-33-24-28-22-20(23(32)29(24)5)13(2)15(4)34-22/h6-9H,11H2,1-5H3,(H,27,31). The summed E-state index contributed by atoms with van der Waals surface area (Å²) in [4.78, 5) is 32.0. The number of carbonyl (C=O) groups is 1. The number of amides is 1. The SMILES string of the molecule is Cc1sc2nc(SCC(=O)Nc3c(C#N)c(C)c(C)n3-c3ccc(F)cc3)n(C)c(=O)c2c1C. The van der Waals surface area contributed by atoms with E-state index in [1.165, 1.54) is 28.0 Å². The highest BCUT2D eigenvalue weighted by molar-refractivity contribution is 7.99. The van der Waals surface area contributed by atoms with Crippen molar-refractivity contribution in [3.05, 3.63) is 67.7 Å². The fraction of sp³-hybridized carbons (Fsp3) is 0.250. The van der Waals surface area contributed by atoms with Gasteiger partial charge in [-0.1, -0.05) is 11.8 Å². The van der Waals surface area contributed by atoms with Crippen LogP contribution in [0.25, 0.3) is 15.9 Å². The summed E-state index contributed by atoms with van der Waals surface area (Å²) in [6.45, 7) is 7.50. The van der Waals surface area contributed by atoms with Gasteiger partial charge < -0.3 is 5.32 Å². The third-order valence-electron chi connectivity index (χ3n) is 5.87. The molecule has 4 aromatic rings. The molecule has 1 aromatic carbocycles. The Labute approximate surface area is 203 Å². The van der Waals surface area contributed by atoms with Crippen LogP contribution in [0.5, 0.6) is 0 Å². The highest BCUT2D eigenvalue weighted by atomic mass is 32.2. The van der Waals surface area contributed by atoms with Crippen LogP contribution < -0.4 is 10.9 Å². The van der Waals surface area contributed by atoms with Gasteiger partial charge in [-0.05, 0) is 63.1 Å². The molecule has 1 amide bonds. The number of benzene rings is 1. The summed E-state index contributed by atoms with van der Waals surface area (Å²) in [6.07, 6.45) is 0. The number of nitriles is 1. The minimum absolute atomic E-state index is 0.00725. The number of hydrogen-bond donors (Lipinski definition) is 1. The molecule has 3 heterocycles. The molecule has 0 aliphatic heterocycles. The van der Waals surface area contributed by atoms with Crippen LogP contribution in [0.1, 0.15) is 27.3 Å². The summed E-state index contributed by atoms with van der Waals surface area (Å²) >= 11 is 2.61. The molecule has 0 atom stereocenters. The second kappa shape index (κ2) is 9.08. The molecule has 3 aromatic heterocycles. The van der Waals surface area contributed by atoms with Crippen LogP contribution >= 0.6 is 23.1 Å². The van der Waals surface area contributed by atoms with Gasteiger partial charge in [-0.2, -0.15) is 5.26 Å². The highest BCUT2D eigenvalue weighted by Crippen LogP contribution is 2.31. The Hall–Kier alpha value is -3.42. The lowest BCUT2D eigenvalue weighted by molar-refractivity contribution is -0.113. The molecule has 4 rings (SSSR count). The van der Waals surface area contributed by atoms with Gasteiger partial charge in [0, 0.05) is 23.3 Å². The van der Waals surface area contributed by atoms with Crippen molar-refractivity contribution in [2.45, 2.75) is 32.9 Å². The molecule has 0 radical (unpaired) electrons. The minimum Gasteiger partial charge on any atom is -0.310 e. The molecule has 0 unspecified atom stereocenters. The van der Waals surface area contributed by atoms with Crippen molar-refractivity contribution in [3.8, 4) is 11.8 Å². The van der Waals surface area contributed by atoms with E-state index in [1.807, 2.05) is 20.8 Å². The van der Waals surface area contributed by atoms with Crippen molar-refractivity contribution in [1.82, 2.24) is 14.1 Å². The molecule has 0 bridgehead atoms. The lowest BCUT2D eigenvalue weighted by Gasteiger charge is -2.13. The molecule has 0 aliphatic carbocycles. The first-order valence-electron chi connectivity index (χ1n) is 10.4. The van der Waals surface area contributed by atoms with Crippen molar-refractivity contribution < 1.29 is 9.18 Å². The van der Waals surface area contributed by atoms with Crippen LogP contribution in [0.15, 0.2) is 34.2 Å². The van der Waals surface area contributed by atoms with Crippen molar-refractivity contribution in [1.29, 1.82) is 5.26 Å². The van der Waals surface area contributed by atoms with Gasteiger partial charge in [0.25, 0.3) is 5.56 Å². The van der Waals surface area contributed by atoms with E-state index in [-0.39, 0.29) is 23.0 Å². The molecule has 0 aliphatic rings. The smallest absolute Gasteiger partial charge is 0.262 e. The molecule has 0 saturated heterocycles. The topological polar surface area (TPSA) is 92.7 Å². The van der Waals surface area contributed by atoms with Crippen molar-refractivity contribution >= 4 is 45.0 Å². The monoisotopic (exact) mass is 495 g/mol. The number of rotatable bonds is 5. The third-order valence-corrected chi connectivity index (χ3v) is 8.00. The molecule has 34 heavy (non-hydrogen) atoms. The number of hydrogen-bond acceptors (Lipinski definition) is 6. The molecule has 10 heteroatoms. The molecule has 174 valence electrons. The predicted octanol–water partition coefficient (Wildman–Crippen LogP) is 4.76. The maximum atomic E-state index is 13.4. The first kappa shape index (κ1) is 23.7. The molecule has 0 spiro atoms. The number of thiophene rings is 1.